The van der Waals surface area contributed by atoms with E-state index in [4.69, 9.17) is 23.2 Å². The number of nitrogens with one attached hydrogen (secondary N) is 1. The van der Waals surface area contributed by atoms with Crippen molar-refractivity contribution in [3.8, 4) is 11.4 Å². The summed E-state index contributed by atoms with van der Waals surface area (Å²) in [5.74, 6) is 0.552. The number of nitro groups is 1. The predicted molar refractivity (Wildman–Crippen MR) is 90.9 cm³/mol. The molecule has 0 saturated carbocycles. The second-order valence-electron chi connectivity index (χ2n) is 4.29. The number of hydrogen-bond donors (Lipinski definition) is 1. The summed E-state index contributed by atoms with van der Waals surface area (Å²) in [5, 5.41) is 11.8. The fraction of sp³-hybridized carbons (Fsp3) is 0. The van der Waals surface area contributed by atoms with Crippen LogP contribution in [0.1, 0.15) is 0 Å². The van der Waals surface area contributed by atoms with Gasteiger partial charge in [-0.3, -0.25) is 10.1 Å². The molecule has 3 aromatic rings. The molecule has 106 valence electrons. The van der Waals surface area contributed by atoms with E-state index in [-0.39, 0.29) is 5.69 Å². The molecule has 0 bridgehead atoms. The van der Waals surface area contributed by atoms with E-state index in [0.717, 1.165) is 9.13 Å². The lowest BCUT2D eigenvalue weighted by Gasteiger charge is -2.04. The number of benzene rings is 2. The quantitative estimate of drug-likeness (QED) is 0.349. The van der Waals surface area contributed by atoms with Crippen molar-refractivity contribution in [1.82, 2.24) is 9.97 Å². The molecule has 0 aliphatic carbocycles. The molecule has 21 heavy (non-hydrogen) atoms. The zero-order valence-electron chi connectivity index (χ0n) is 10.2. The van der Waals surface area contributed by atoms with Crippen molar-refractivity contribution in [2.75, 3.05) is 0 Å². The first-order chi connectivity index (χ1) is 9.95. The van der Waals surface area contributed by atoms with Gasteiger partial charge in [0.1, 0.15) is 5.82 Å². The number of aromatic amines is 1. The molecule has 0 fully saturated rings. The lowest BCUT2D eigenvalue weighted by Crippen LogP contribution is -1.87. The molecule has 1 heterocycles. The Balaban J connectivity index is 2.20. The number of hydrogen-bond acceptors (Lipinski definition) is 3. The molecule has 5 nitrogen and oxygen atoms in total. The number of halogens is 3. The van der Waals surface area contributed by atoms with Gasteiger partial charge in [-0.2, -0.15) is 0 Å². The van der Waals surface area contributed by atoms with Crippen molar-refractivity contribution in [3.63, 3.8) is 0 Å². The van der Waals surface area contributed by atoms with Gasteiger partial charge in [0, 0.05) is 26.3 Å². The van der Waals surface area contributed by atoms with Crippen molar-refractivity contribution in [3.05, 3.63) is 54.1 Å². The zero-order valence-corrected chi connectivity index (χ0v) is 13.9. The Kier molecular flexibility index (Phi) is 3.76. The van der Waals surface area contributed by atoms with Crippen LogP contribution in [-0.2, 0) is 0 Å². The number of H-pyrrole nitrogens is 1. The standard InChI is InChI=1S/C13H6Cl2IN3O2/c14-6-3-8(15)12(9(16)4-6)13-17-10-2-1-7(19(20)21)5-11(10)18-13/h1-5H,(H,17,18). The Morgan fingerprint density at radius 2 is 2.00 bits per heavy atom. The molecule has 3 rings (SSSR count). The van der Waals surface area contributed by atoms with Crippen LogP contribution < -0.4 is 0 Å². The molecule has 1 aromatic heterocycles. The predicted octanol–water partition coefficient (Wildman–Crippen LogP) is 5.05. The summed E-state index contributed by atoms with van der Waals surface area (Å²) >= 11 is 14.3. The number of aromatic nitrogens is 2. The maximum absolute atomic E-state index is 10.8. The lowest BCUT2D eigenvalue weighted by atomic mass is 10.2. The monoisotopic (exact) mass is 433 g/mol. The third kappa shape index (κ3) is 2.70. The van der Waals surface area contributed by atoms with Gasteiger partial charge in [-0.05, 0) is 40.8 Å². The average Bonchev–Trinajstić information content (AvgIpc) is 2.79. The van der Waals surface area contributed by atoms with E-state index >= 15 is 0 Å². The largest absolute Gasteiger partial charge is 0.338 e. The fourth-order valence-corrected chi connectivity index (χ4v) is 3.81. The highest BCUT2D eigenvalue weighted by Crippen LogP contribution is 2.34. The van der Waals surface area contributed by atoms with E-state index in [1.54, 1.807) is 18.2 Å². The second-order valence-corrected chi connectivity index (χ2v) is 6.29. The number of rotatable bonds is 2. The van der Waals surface area contributed by atoms with Crippen molar-refractivity contribution in [2.45, 2.75) is 0 Å². The first-order valence-electron chi connectivity index (χ1n) is 5.75. The molecule has 0 atom stereocenters. The minimum atomic E-state index is -0.445. The molecule has 0 aliphatic rings. The summed E-state index contributed by atoms with van der Waals surface area (Å²) in [5.41, 5.74) is 1.95. The number of imidazole rings is 1. The van der Waals surface area contributed by atoms with Gasteiger partial charge in [-0.25, -0.2) is 4.98 Å². The van der Waals surface area contributed by atoms with Crippen LogP contribution in [0.3, 0.4) is 0 Å². The molecule has 0 spiro atoms. The molecular weight excluding hydrogens is 428 g/mol. The van der Waals surface area contributed by atoms with Crippen LogP contribution in [0.25, 0.3) is 22.4 Å². The Morgan fingerprint density at radius 3 is 2.67 bits per heavy atom. The summed E-state index contributed by atoms with van der Waals surface area (Å²) in [4.78, 5) is 17.8. The maximum atomic E-state index is 10.8. The minimum Gasteiger partial charge on any atom is -0.338 e. The fourth-order valence-electron chi connectivity index (χ4n) is 2.00. The number of fused-ring (bicyclic) bond motifs is 1. The molecule has 1 N–H and O–H groups in total. The number of nitro benzene ring substituents is 1. The van der Waals surface area contributed by atoms with Gasteiger partial charge in [-0.1, -0.05) is 23.2 Å². The van der Waals surface area contributed by atoms with Crippen molar-refractivity contribution in [2.24, 2.45) is 0 Å². The molecule has 0 radical (unpaired) electrons. The van der Waals surface area contributed by atoms with E-state index in [1.807, 2.05) is 0 Å². The second kappa shape index (κ2) is 5.43. The van der Waals surface area contributed by atoms with E-state index in [9.17, 15) is 10.1 Å². The highest BCUT2D eigenvalue weighted by atomic mass is 127. The van der Waals surface area contributed by atoms with Gasteiger partial charge in [0.05, 0.1) is 21.0 Å². The highest BCUT2D eigenvalue weighted by molar-refractivity contribution is 14.1. The highest BCUT2D eigenvalue weighted by Gasteiger charge is 2.15. The van der Waals surface area contributed by atoms with Crippen LogP contribution >= 0.6 is 45.8 Å². The van der Waals surface area contributed by atoms with Crippen LogP contribution in [0, 0.1) is 13.7 Å². The van der Waals surface area contributed by atoms with Crippen molar-refractivity contribution >= 4 is 62.5 Å². The first kappa shape index (κ1) is 14.6. The number of nitrogens with zero attached hydrogens (tertiary/aromatic N) is 2. The van der Waals surface area contributed by atoms with Crippen LogP contribution in [0.15, 0.2) is 30.3 Å². The van der Waals surface area contributed by atoms with Crippen molar-refractivity contribution in [1.29, 1.82) is 0 Å². The summed E-state index contributed by atoms with van der Waals surface area (Å²) in [7, 11) is 0. The van der Waals surface area contributed by atoms with E-state index in [2.05, 4.69) is 32.6 Å². The van der Waals surface area contributed by atoms with Gasteiger partial charge in [0.2, 0.25) is 0 Å². The van der Waals surface area contributed by atoms with E-state index in [0.29, 0.717) is 26.9 Å². The Bertz CT molecular complexity index is 856. The third-order valence-corrected chi connectivity index (χ3v) is 4.29. The molecule has 8 heteroatoms. The van der Waals surface area contributed by atoms with Gasteiger partial charge >= 0.3 is 0 Å². The average molecular weight is 434 g/mol. The Hall–Kier alpha value is -1.38. The lowest BCUT2D eigenvalue weighted by molar-refractivity contribution is -0.384. The smallest absolute Gasteiger partial charge is 0.271 e. The summed E-state index contributed by atoms with van der Waals surface area (Å²) in [6, 6.07) is 7.88. The molecule has 0 unspecified atom stereocenters. The molecule has 2 aromatic carbocycles. The summed E-state index contributed by atoms with van der Waals surface area (Å²) < 4.78 is 0.846. The van der Waals surface area contributed by atoms with Gasteiger partial charge in [0.25, 0.3) is 5.69 Å². The molecular formula is C13H6Cl2IN3O2. The Morgan fingerprint density at radius 1 is 1.24 bits per heavy atom. The third-order valence-electron chi connectivity index (χ3n) is 2.92. The van der Waals surface area contributed by atoms with Crippen LogP contribution in [0.2, 0.25) is 10.0 Å². The van der Waals surface area contributed by atoms with Crippen LogP contribution in [-0.4, -0.2) is 14.9 Å². The minimum absolute atomic E-state index is 0.00889. The van der Waals surface area contributed by atoms with E-state index in [1.165, 1.54) is 12.1 Å². The topological polar surface area (TPSA) is 71.8 Å². The zero-order chi connectivity index (χ0) is 15.1. The number of non-ortho nitro benzene ring substituents is 1. The van der Waals surface area contributed by atoms with Gasteiger partial charge < -0.3 is 4.98 Å². The summed E-state index contributed by atoms with van der Waals surface area (Å²) in [6.07, 6.45) is 0. The molecule has 0 saturated heterocycles. The van der Waals surface area contributed by atoms with Gasteiger partial charge in [0.15, 0.2) is 0 Å². The molecule has 0 amide bonds. The SMILES string of the molecule is O=[N+]([O-])c1ccc2nc(-c3c(Cl)cc(Cl)cc3I)[nH]c2c1. The van der Waals surface area contributed by atoms with Crippen LogP contribution in [0.4, 0.5) is 5.69 Å². The molecule has 0 aliphatic heterocycles. The maximum Gasteiger partial charge on any atom is 0.271 e. The van der Waals surface area contributed by atoms with Gasteiger partial charge in [-0.15, -0.1) is 0 Å². The van der Waals surface area contributed by atoms with Crippen molar-refractivity contribution < 1.29 is 4.92 Å². The normalized spacial score (nSPS) is 11.0. The Labute approximate surface area is 142 Å². The van der Waals surface area contributed by atoms with Crippen LogP contribution in [0.5, 0.6) is 0 Å². The first-order valence-corrected chi connectivity index (χ1v) is 7.58. The summed E-state index contributed by atoms with van der Waals surface area (Å²) in [6.45, 7) is 0. The van der Waals surface area contributed by atoms with E-state index < -0.39 is 4.92 Å².